The minimum absolute atomic E-state index is 0. The molecule has 7 aliphatic rings. The Morgan fingerprint density at radius 2 is 0.528 bits per heavy atom. The van der Waals surface area contributed by atoms with E-state index in [0.29, 0.717) is 70.4 Å². The summed E-state index contributed by atoms with van der Waals surface area (Å²) in [4.78, 5) is 93.6. The number of carbonyl (C=O) groups is 8. The van der Waals surface area contributed by atoms with Crippen molar-refractivity contribution < 1.29 is 100 Å². The highest BCUT2D eigenvalue weighted by molar-refractivity contribution is 5.79. The van der Waals surface area contributed by atoms with Crippen LogP contribution in [0.2, 0.25) is 0 Å². The number of esters is 8. The van der Waals surface area contributed by atoms with E-state index in [2.05, 4.69) is 48.5 Å². The van der Waals surface area contributed by atoms with Crippen LogP contribution in [0.25, 0.3) is 0 Å². The molecule has 7 saturated carbocycles. The molecule has 1 aromatic carbocycles. The molecule has 0 aliphatic heterocycles. The van der Waals surface area contributed by atoms with E-state index in [4.69, 9.17) is 61.9 Å². The molecule has 7 aliphatic carbocycles. The summed E-state index contributed by atoms with van der Waals surface area (Å²) < 4.78 is 62.3. The quantitative estimate of drug-likeness (QED) is 0.0368. The topological polar surface area (TPSA) is 268 Å². The molecule has 142 heavy (non-hydrogen) atoms. The van der Waals surface area contributed by atoms with Crippen LogP contribution in [0, 0.1) is 67.0 Å². The van der Waals surface area contributed by atoms with Crippen molar-refractivity contribution in [3.05, 3.63) is 29.8 Å². The molecule has 1 aromatic rings. The van der Waals surface area contributed by atoms with Gasteiger partial charge in [0.1, 0.15) is 54.6 Å². The van der Waals surface area contributed by atoms with Gasteiger partial charge in [-0.15, -0.1) is 0 Å². The van der Waals surface area contributed by atoms with Crippen molar-refractivity contribution in [3.63, 3.8) is 0 Å². The molecular weight excluding hydrogens is 1790 g/mol. The maximum atomic E-state index is 12.4. The van der Waals surface area contributed by atoms with Gasteiger partial charge in [-0.05, 0) is 345 Å². The van der Waals surface area contributed by atoms with E-state index in [1.807, 2.05) is 171 Å². The second kappa shape index (κ2) is 89.6. The van der Waals surface area contributed by atoms with E-state index in [9.17, 15) is 38.4 Å². The van der Waals surface area contributed by atoms with E-state index in [-0.39, 0.29) is 247 Å². The molecule has 0 saturated heterocycles. The predicted molar refractivity (Wildman–Crippen MR) is 621 cm³/mol. The smallest absolute Gasteiger partial charge is 0.312 e. The molecule has 8 rings (SSSR count). The highest BCUT2D eigenvalue weighted by atomic mass is 16.6. The molecule has 1 atom stereocenters. The number of benzene rings is 1. The predicted octanol–water partition coefficient (Wildman–Crippen LogP) is 36.4. The maximum absolute atomic E-state index is 12.4. The fourth-order valence-electron chi connectivity index (χ4n) is 14.4. The highest BCUT2D eigenvalue weighted by Gasteiger charge is 2.54. The standard InChI is InChI=1S/C16H26O2.C15H28O2.2C13H24O2.C10H14O.4C9H18O3.18CH4/c1-4-15(2,3)14(17)18-16-8-11-5-12(9-16)7-13(6-11)10-16;1-6-14(2,3)13(16)17-15(4,5)12-10-8-7-9-11-12;2*1-5-12(3,4)11(14)15-13(6-2)9-7-8-10-13;1-3-8(2)9-4-6-10(11)7-5-9;4*1-5-9(2,3)8(10)12-7-6-11-4;;;;;;;;;;;;;;;;;;/h11-13H,4-10H2,1-3H3;12H,6-11H2,1-5H3;2*5-10H2,1-4H3;4-8,11H,3H2,1-2H3;4*5-7H2,1-4H3;18*1H4. The Labute approximate surface area is 889 Å². The molecule has 0 amide bonds. The zero-order chi connectivity index (χ0) is 95.8. The third-order valence-electron chi connectivity index (χ3n) is 27.8. The third kappa shape index (κ3) is 68.3. The Bertz CT molecular complexity index is 2920. The van der Waals surface area contributed by atoms with E-state index < -0.39 is 0 Å². The number of hydrogen-bond acceptors (Lipinski definition) is 21. The minimum atomic E-state index is -0.367. The third-order valence-corrected chi connectivity index (χ3v) is 27.8. The fraction of sp³-hybridized carbons (Fsp3) is 0.884. The van der Waals surface area contributed by atoms with Crippen LogP contribution in [0.3, 0.4) is 0 Å². The summed E-state index contributed by atoms with van der Waals surface area (Å²) in [6.45, 7) is 62.9. The first-order valence-corrected chi connectivity index (χ1v) is 47.9. The second-order valence-corrected chi connectivity index (χ2v) is 41.4. The maximum Gasteiger partial charge on any atom is 0.312 e. The molecule has 0 spiro atoms. The van der Waals surface area contributed by atoms with E-state index in [1.54, 1.807) is 40.6 Å². The van der Waals surface area contributed by atoms with Crippen LogP contribution in [0.4, 0.5) is 0 Å². The lowest BCUT2D eigenvalue weighted by molar-refractivity contribution is -0.196. The molecule has 21 heteroatoms. The first-order chi connectivity index (χ1) is 57.5. The number of hydrogen-bond donors (Lipinski definition) is 1. The summed E-state index contributed by atoms with van der Waals surface area (Å²) in [5.41, 5.74) is -2.14. The lowest BCUT2D eigenvalue weighted by atomic mass is 9.54. The number of carbonyl (C=O) groups excluding carboxylic acids is 8. The number of rotatable bonds is 37. The monoisotopic (exact) mass is 2050 g/mol. The van der Waals surface area contributed by atoms with Crippen molar-refractivity contribution in [1.29, 1.82) is 0 Å². The lowest BCUT2D eigenvalue weighted by Crippen LogP contribution is -2.53. The molecule has 0 radical (unpaired) electrons. The van der Waals surface area contributed by atoms with Crippen molar-refractivity contribution in [3.8, 4) is 5.75 Å². The SMILES string of the molecule is C.C.C.C.C.C.C.C.C.C.C.C.C.C.C.C.C.C.CCC(C)(C)C(=O)OC(C)(C)C1CCCCC1.CCC(C)(C)C(=O)OC12CC3CC(CC(C3)C1)C2.CCC(C)(C)C(=O)OCCOC.CCC(C)(C)C(=O)OCCOC.CCC(C)(C)C(=O)OCCOC.CCC(C)(C)C(=O)OCCOC.CCC(C)c1ccc(O)cc1.CCC1(OC(=O)C(C)(C)CC)CCCC1.CCC1(OC(=O)C(C)(C)CC)CCCC1. The van der Waals surface area contributed by atoms with Crippen LogP contribution in [-0.2, 0) is 95.2 Å². The number of aromatic hydroxyl groups is 1. The summed E-state index contributed by atoms with van der Waals surface area (Å²) in [5.74, 6) is 3.34. The molecule has 1 N–H and O–H groups in total. The molecule has 0 aromatic heterocycles. The largest absolute Gasteiger partial charge is 0.508 e. The van der Waals surface area contributed by atoms with Gasteiger partial charge in [0, 0.05) is 28.4 Å². The molecule has 7 fully saturated rings. The van der Waals surface area contributed by atoms with Crippen molar-refractivity contribution in [2.45, 2.75) is 562 Å². The first kappa shape index (κ1) is 185. The average Bonchev–Trinajstić information content (AvgIpc) is 0.825. The van der Waals surface area contributed by atoms with Crippen LogP contribution in [0.5, 0.6) is 5.75 Å². The van der Waals surface area contributed by atoms with Crippen LogP contribution < -0.4 is 0 Å². The van der Waals surface area contributed by atoms with Gasteiger partial charge in [0.25, 0.3) is 0 Å². The zero-order valence-corrected chi connectivity index (χ0v) is 85.7. The van der Waals surface area contributed by atoms with Gasteiger partial charge in [-0.3, -0.25) is 38.4 Å². The van der Waals surface area contributed by atoms with Gasteiger partial charge in [-0.2, -0.15) is 0 Å². The first-order valence-electron chi connectivity index (χ1n) is 47.9. The van der Waals surface area contributed by atoms with Gasteiger partial charge in [-0.1, -0.05) is 248 Å². The lowest BCUT2D eigenvalue weighted by Gasteiger charge is -2.56. The Morgan fingerprint density at radius 1 is 0.310 bits per heavy atom. The summed E-state index contributed by atoms with van der Waals surface area (Å²) in [7, 11) is 6.33. The van der Waals surface area contributed by atoms with Crippen molar-refractivity contribution in [1.82, 2.24) is 0 Å². The van der Waals surface area contributed by atoms with Gasteiger partial charge in [0.15, 0.2) is 0 Å². The Morgan fingerprint density at radius 3 is 0.739 bits per heavy atom. The van der Waals surface area contributed by atoms with Gasteiger partial charge >= 0.3 is 47.8 Å². The molecule has 870 valence electrons. The number of ether oxygens (including phenoxy) is 12. The van der Waals surface area contributed by atoms with Gasteiger partial charge < -0.3 is 61.9 Å². The fourth-order valence-corrected chi connectivity index (χ4v) is 14.4. The number of methoxy groups -OCH3 is 4. The number of phenolic OH excluding ortho intramolecular Hbond substituents is 1. The minimum Gasteiger partial charge on any atom is -0.508 e. The second-order valence-electron chi connectivity index (χ2n) is 41.4. The van der Waals surface area contributed by atoms with Crippen LogP contribution in [0.1, 0.15) is 545 Å². The Kier molecular flexibility index (Phi) is 117. The number of phenols is 1. The van der Waals surface area contributed by atoms with E-state index in [1.165, 1.54) is 82.6 Å². The molecule has 1 unspecified atom stereocenters. The summed E-state index contributed by atoms with van der Waals surface area (Å²) in [6, 6.07) is 7.43. The highest BCUT2D eigenvalue weighted by Crippen LogP contribution is 2.58. The molecule has 21 nitrogen and oxygen atoms in total. The summed E-state index contributed by atoms with van der Waals surface area (Å²) >= 11 is 0. The van der Waals surface area contributed by atoms with Crippen molar-refractivity contribution in [2.75, 3.05) is 81.3 Å². The molecular formula is C121H260O21. The summed E-state index contributed by atoms with van der Waals surface area (Å²) in [6.07, 6.45) is 32.5. The van der Waals surface area contributed by atoms with Gasteiger partial charge in [0.2, 0.25) is 0 Å². The zero-order valence-electron chi connectivity index (χ0n) is 85.7. The van der Waals surface area contributed by atoms with Crippen molar-refractivity contribution in [2.24, 2.45) is 67.0 Å². The average molecular weight is 2050 g/mol. The van der Waals surface area contributed by atoms with Gasteiger partial charge in [-0.25, -0.2) is 0 Å². The van der Waals surface area contributed by atoms with Crippen LogP contribution in [-0.4, -0.2) is 157 Å². The molecule has 4 bridgehead atoms. The van der Waals surface area contributed by atoms with E-state index >= 15 is 0 Å². The van der Waals surface area contributed by atoms with Crippen LogP contribution >= 0.6 is 0 Å². The van der Waals surface area contributed by atoms with Crippen LogP contribution in [0.15, 0.2) is 24.3 Å². The normalized spacial score (nSPS) is 16.7. The van der Waals surface area contributed by atoms with Gasteiger partial charge in [0.05, 0.1) is 69.7 Å². The Hall–Kier alpha value is -5.38. The summed E-state index contributed by atoms with van der Waals surface area (Å²) in [5, 5.41) is 9.01. The van der Waals surface area contributed by atoms with Crippen molar-refractivity contribution >= 4 is 47.8 Å². The molecule has 0 heterocycles. The Balaban J connectivity index is -0.0000000648. The van der Waals surface area contributed by atoms with E-state index in [0.717, 1.165) is 133 Å².